The molecule has 1 aromatic rings. The minimum atomic E-state index is -0.314. The number of ether oxygens (including phenoxy) is 2. The second-order valence-electron chi connectivity index (χ2n) is 4.48. The molecule has 0 saturated heterocycles. The fraction of sp³-hybridized carbons (Fsp3) is 0.500. The Bertz CT molecular complexity index is 407. The SMILES string of the molecule is COC(CN)CC(=O)NCC(C)Oc1ccc(F)cc1. The van der Waals surface area contributed by atoms with Crippen LogP contribution in [-0.2, 0) is 9.53 Å². The first-order valence-corrected chi connectivity index (χ1v) is 6.47. The normalized spacial score (nSPS) is 13.6. The zero-order valence-corrected chi connectivity index (χ0v) is 11.8. The topological polar surface area (TPSA) is 73.6 Å². The van der Waals surface area contributed by atoms with E-state index in [2.05, 4.69) is 5.32 Å². The average molecular weight is 284 g/mol. The smallest absolute Gasteiger partial charge is 0.222 e. The number of carbonyl (C=O) groups is 1. The van der Waals surface area contributed by atoms with Gasteiger partial charge >= 0.3 is 0 Å². The number of nitrogens with one attached hydrogen (secondary N) is 1. The first kappa shape index (κ1) is 16.4. The van der Waals surface area contributed by atoms with Gasteiger partial charge in [0, 0.05) is 13.7 Å². The van der Waals surface area contributed by atoms with Crippen LogP contribution in [0.1, 0.15) is 13.3 Å². The number of nitrogens with two attached hydrogens (primary N) is 1. The second kappa shape index (κ2) is 8.50. The molecule has 1 rings (SSSR count). The van der Waals surface area contributed by atoms with Crippen molar-refractivity contribution in [2.24, 2.45) is 5.73 Å². The van der Waals surface area contributed by atoms with Crippen LogP contribution >= 0.6 is 0 Å². The van der Waals surface area contributed by atoms with Gasteiger partial charge in [-0.3, -0.25) is 4.79 Å². The van der Waals surface area contributed by atoms with Crippen LogP contribution in [0.15, 0.2) is 24.3 Å². The molecule has 0 aliphatic carbocycles. The van der Waals surface area contributed by atoms with Crippen molar-refractivity contribution in [3.63, 3.8) is 0 Å². The molecule has 0 heterocycles. The van der Waals surface area contributed by atoms with Crippen LogP contribution in [0.5, 0.6) is 5.75 Å². The molecule has 6 heteroatoms. The maximum Gasteiger partial charge on any atom is 0.222 e. The molecule has 0 radical (unpaired) electrons. The van der Waals surface area contributed by atoms with Crippen molar-refractivity contribution in [2.75, 3.05) is 20.2 Å². The summed E-state index contributed by atoms with van der Waals surface area (Å²) in [5, 5.41) is 2.74. The highest BCUT2D eigenvalue weighted by molar-refractivity contribution is 5.76. The second-order valence-corrected chi connectivity index (χ2v) is 4.48. The van der Waals surface area contributed by atoms with Gasteiger partial charge in [-0.2, -0.15) is 0 Å². The van der Waals surface area contributed by atoms with Gasteiger partial charge in [-0.15, -0.1) is 0 Å². The van der Waals surface area contributed by atoms with Crippen molar-refractivity contribution >= 4 is 5.91 Å². The van der Waals surface area contributed by atoms with E-state index in [4.69, 9.17) is 15.2 Å². The van der Waals surface area contributed by atoms with E-state index in [1.165, 1.54) is 19.2 Å². The Hall–Kier alpha value is -1.66. The molecule has 3 N–H and O–H groups in total. The molecule has 0 aliphatic heterocycles. The molecule has 0 aliphatic rings. The van der Waals surface area contributed by atoms with E-state index < -0.39 is 0 Å². The third-order valence-corrected chi connectivity index (χ3v) is 2.75. The Labute approximate surface area is 118 Å². The van der Waals surface area contributed by atoms with Gasteiger partial charge in [-0.05, 0) is 31.2 Å². The van der Waals surface area contributed by atoms with Crippen molar-refractivity contribution in [1.29, 1.82) is 0 Å². The molecule has 1 aromatic carbocycles. The summed E-state index contributed by atoms with van der Waals surface area (Å²) in [5.41, 5.74) is 5.44. The van der Waals surface area contributed by atoms with Crippen molar-refractivity contribution in [3.05, 3.63) is 30.1 Å². The van der Waals surface area contributed by atoms with Crippen molar-refractivity contribution in [3.8, 4) is 5.75 Å². The zero-order valence-electron chi connectivity index (χ0n) is 11.8. The Morgan fingerprint density at radius 2 is 2.05 bits per heavy atom. The summed E-state index contributed by atoms with van der Waals surface area (Å²) in [7, 11) is 1.52. The van der Waals surface area contributed by atoms with Gasteiger partial charge in [0.25, 0.3) is 0 Å². The monoisotopic (exact) mass is 284 g/mol. The fourth-order valence-corrected chi connectivity index (χ4v) is 1.59. The molecule has 2 unspecified atom stereocenters. The molecular weight excluding hydrogens is 263 g/mol. The first-order chi connectivity index (χ1) is 9.55. The lowest BCUT2D eigenvalue weighted by molar-refractivity contribution is -0.123. The van der Waals surface area contributed by atoms with E-state index in [1.807, 2.05) is 6.92 Å². The summed E-state index contributed by atoms with van der Waals surface area (Å²) in [6.45, 7) is 2.48. The first-order valence-electron chi connectivity index (χ1n) is 6.47. The molecule has 0 saturated carbocycles. The number of amides is 1. The third kappa shape index (κ3) is 5.99. The highest BCUT2D eigenvalue weighted by Crippen LogP contribution is 2.12. The van der Waals surface area contributed by atoms with E-state index in [-0.39, 0.29) is 30.4 Å². The number of benzene rings is 1. The lowest BCUT2D eigenvalue weighted by atomic mass is 10.2. The van der Waals surface area contributed by atoms with Crippen LogP contribution in [0.2, 0.25) is 0 Å². The molecular formula is C14H21FN2O3. The molecule has 20 heavy (non-hydrogen) atoms. The zero-order chi connectivity index (χ0) is 15.0. The van der Waals surface area contributed by atoms with Crippen LogP contribution < -0.4 is 15.8 Å². The average Bonchev–Trinajstić information content (AvgIpc) is 2.45. The predicted molar refractivity (Wildman–Crippen MR) is 74.0 cm³/mol. The maximum absolute atomic E-state index is 12.7. The van der Waals surface area contributed by atoms with E-state index in [0.29, 0.717) is 18.8 Å². The summed E-state index contributed by atoms with van der Waals surface area (Å²) in [5.74, 6) is 0.104. The van der Waals surface area contributed by atoms with Gasteiger partial charge in [0.15, 0.2) is 0 Å². The van der Waals surface area contributed by atoms with E-state index in [9.17, 15) is 9.18 Å². The summed E-state index contributed by atoms with van der Waals surface area (Å²) < 4.78 is 23.3. The number of hydrogen-bond donors (Lipinski definition) is 2. The third-order valence-electron chi connectivity index (χ3n) is 2.75. The number of carbonyl (C=O) groups excluding carboxylic acids is 1. The predicted octanol–water partition coefficient (Wildman–Crippen LogP) is 1.07. The molecule has 2 atom stereocenters. The lowest BCUT2D eigenvalue weighted by Crippen LogP contribution is -2.37. The van der Waals surface area contributed by atoms with Crippen LogP contribution in [0.3, 0.4) is 0 Å². The molecule has 112 valence electrons. The van der Waals surface area contributed by atoms with Crippen molar-refractivity contribution in [2.45, 2.75) is 25.6 Å². The summed E-state index contributed by atoms with van der Waals surface area (Å²) in [4.78, 5) is 11.6. The highest BCUT2D eigenvalue weighted by Gasteiger charge is 2.12. The molecule has 0 spiro atoms. The van der Waals surface area contributed by atoms with E-state index in [0.717, 1.165) is 0 Å². The van der Waals surface area contributed by atoms with Gasteiger partial charge in [0.2, 0.25) is 5.91 Å². The molecule has 0 bridgehead atoms. The Kier molecular flexibility index (Phi) is 6.97. The van der Waals surface area contributed by atoms with E-state index in [1.54, 1.807) is 12.1 Å². The highest BCUT2D eigenvalue weighted by atomic mass is 19.1. The fourth-order valence-electron chi connectivity index (χ4n) is 1.59. The largest absolute Gasteiger partial charge is 0.489 e. The van der Waals surface area contributed by atoms with Crippen molar-refractivity contribution in [1.82, 2.24) is 5.32 Å². The van der Waals surface area contributed by atoms with Crippen LogP contribution in [0.25, 0.3) is 0 Å². The number of rotatable bonds is 8. The van der Waals surface area contributed by atoms with Gasteiger partial charge < -0.3 is 20.5 Å². The summed E-state index contributed by atoms with van der Waals surface area (Å²) in [6, 6.07) is 5.74. The Morgan fingerprint density at radius 1 is 1.40 bits per heavy atom. The minimum absolute atomic E-state index is 0.142. The molecule has 5 nitrogen and oxygen atoms in total. The quantitative estimate of drug-likeness (QED) is 0.749. The van der Waals surface area contributed by atoms with E-state index >= 15 is 0 Å². The van der Waals surface area contributed by atoms with Gasteiger partial charge in [-0.1, -0.05) is 0 Å². The van der Waals surface area contributed by atoms with Crippen LogP contribution in [0, 0.1) is 5.82 Å². The molecule has 0 fully saturated rings. The lowest BCUT2D eigenvalue weighted by Gasteiger charge is -2.17. The Morgan fingerprint density at radius 3 is 2.60 bits per heavy atom. The standard InChI is InChI=1S/C14H21FN2O3/c1-10(20-12-5-3-11(15)4-6-12)9-17-14(18)7-13(8-16)19-2/h3-6,10,13H,7-9,16H2,1-2H3,(H,17,18). The summed E-state index contributed by atoms with van der Waals surface area (Å²) in [6.07, 6.45) is -0.275. The van der Waals surface area contributed by atoms with Gasteiger partial charge in [0.05, 0.1) is 19.1 Å². The number of methoxy groups -OCH3 is 1. The molecule has 0 aromatic heterocycles. The van der Waals surface area contributed by atoms with Gasteiger partial charge in [0.1, 0.15) is 17.7 Å². The molecule has 1 amide bonds. The van der Waals surface area contributed by atoms with Crippen LogP contribution in [-0.4, -0.2) is 38.3 Å². The minimum Gasteiger partial charge on any atom is -0.489 e. The van der Waals surface area contributed by atoms with Crippen LogP contribution in [0.4, 0.5) is 4.39 Å². The number of halogens is 1. The maximum atomic E-state index is 12.7. The number of hydrogen-bond acceptors (Lipinski definition) is 4. The van der Waals surface area contributed by atoms with Crippen molar-refractivity contribution < 1.29 is 18.7 Å². The Balaban J connectivity index is 2.30. The summed E-state index contributed by atoms with van der Waals surface area (Å²) >= 11 is 0. The van der Waals surface area contributed by atoms with Gasteiger partial charge in [-0.25, -0.2) is 4.39 Å².